The Kier molecular flexibility index (Phi) is 2.67. The topological polar surface area (TPSA) is 91.7 Å². The highest BCUT2D eigenvalue weighted by molar-refractivity contribution is 5.27. The summed E-state index contributed by atoms with van der Waals surface area (Å²) in [5, 5.41) is 3.94. The summed E-state index contributed by atoms with van der Waals surface area (Å²) >= 11 is 0. The smallest absolute Gasteiger partial charge is 0.239 e. The summed E-state index contributed by atoms with van der Waals surface area (Å²) in [5.74, 6) is 1.26. The fourth-order valence-corrected chi connectivity index (χ4v) is 1.15. The molecule has 7 nitrogen and oxygen atoms in total. The van der Waals surface area contributed by atoms with Crippen LogP contribution in [0.25, 0.3) is 5.82 Å². The molecule has 7 heteroatoms. The van der Waals surface area contributed by atoms with Crippen LogP contribution in [-0.4, -0.2) is 30.8 Å². The number of nitrogens with two attached hydrogens (primary N) is 1. The third-order valence-corrected chi connectivity index (χ3v) is 1.73. The van der Waals surface area contributed by atoms with Crippen LogP contribution >= 0.6 is 0 Å². The Morgan fingerprint density at radius 3 is 2.75 bits per heavy atom. The van der Waals surface area contributed by atoms with Crippen LogP contribution in [0.5, 0.6) is 5.88 Å². The third kappa shape index (κ3) is 2.25. The highest BCUT2D eigenvalue weighted by Crippen LogP contribution is 2.11. The number of nitrogen functional groups attached to an aromatic ring is 1. The van der Waals surface area contributed by atoms with Crippen molar-refractivity contribution in [3.05, 3.63) is 18.7 Å². The van der Waals surface area contributed by atoms with E-state index in [0.29, 0.717) is 11.7 Å². The first-order chi connectivity index (χ1) is 7.65. The van der Waals surface area contributed by atoms with Crippen LogP contribution < -0.4 is 10.5 Å². The van der Waals surface area contributed by atoms with E-state index in [1.165, 1.54) is 17.3 Å². The highest BCUT2D eigenvalue weighted by Gasteiger charge is 2.05. The van der Waals surface area contributed by atoms with Crippen molar-refractivity contribution in [2.75, 3.05) is 5.73 Å². The first-order valence-corrected chi connectivity index (χ1v) is 4.81. The lowest BCUT2D eigenvalue weighted by atomic mass is 10.5. The van der Waals surface area contributed by atoms with Crippen LogP contribution in [-0.2, 0) is 0 Å². The predicted octanol–water partition coefficient (Wildman–Crippen LogP) is 0.427. The van der Waals surface area contributed by atoms with Crippen molar-refractivity contribution in [2.45, 2.75) is 20.0 Å². The van der Waals surface area contributed by atoms with E-state index < -0.39 is 0 Å². The monoisotopic (exact) mass is 220 g/mol. The fourth-order valence-electron chi connectivity index (χ4n) is 1.15. The van der Waals surface area contributed by atoms with Crippen molar-refractivity contribution in [2.24, 2.45) is 0 Å². The number of aromatic nitrogens is 5. The molecule has 2 aromatic heterocycles. The number of ether oxygens (including phenoxy) is 1. The number of hydrogen-bond acceptors (Lipinski definition) is 6. The van der Waals surface area contributed by atoms with Crippen molar-refractivity contribution in [1.82, 2.24) is 24.7 Å². The van der Waals surface area contributed by atoms with E-state index in [4.69, 9.17) is 10.5 Å². The van der Waals surface area contributed by atoms with Gasteiger partial charge in [-0.1, -0.05) is 0 Å². The van der Waals surface area contributed by atoms with Crippen molar-refractivity contribution in [3.8, 4) is 11.7 Å². The lowest BCUT2D eigenvalue weighted by Crippen LogP contribution is -2.08. The van der Waals surface area contributed by atoms with E-state index in [1.54, 1.807) is 6.07 Å². The molecule has 0 spiro atoms. The molecule has 0 saturated carbocycles. The largest absolute Gasteiger partial charge is 0.475 e. The van der Waals surface area contributed by atoms with Gasteiger partial charge in [0.2, 0.25) is 11.8 Å². The molecule has 2 heterocycles. The van der Waals surface area contributed by atoms with Gasteiger partial charge in [0.05, 0.1) is 6.10 Å². The summed E-state index contributed by atoms with van der Waals surface area (Å²) < 4.78 is 6.90. The number of nitrogens with zero attached hydrogens (tertiary/aromatic N) is 5. The first kappa shape index (κ1) is 10.3. The van der Waals surface area contributed by atoms with Gasteiger partial charge in [-0.3, -0.25) is 0 Å². The molecule has 0 aliphatic heterocycles. The van der Waals surface area contributed by atoms with Crippen molar-refractivity contribution in [3.63, 3.8) is 0 Å². The number of hydrogen-bond donors (Lipinski definition) is 1. The molecule has 0 amide bonds. The summed E-state index contributed by atoms with van der Waals surface area (Å²) in [6, 6.07) is 1.67. The Bertz CT molecular complexity index is 480. The third-order valence-electron chi connectivity index (χ3n) is 1.73. The molecule has 0 unspecified atom stereocenters. The van der Waals surface area contributed by atoms with Gasteiger partial charge in [-0.15, -0.1) is 5.10 Å². The van der Waals surface area contributed by atoms with Gasteiger partial charge in [0.1, 0.15) is 12.7 Å². The molecule has 0 saturated heterocycles. The van der Waals surface area contributed by atoms with Crippen LogP contribution in [0.15, 0.2) is 18.7 Å². The van der Waals surface area contributed by atoms with Gasteiger partial charge >= 0.3 is 0 Å². The zero-order valence-electron chi connectivity index (χ0n) is 9.03. The molecule has 0 bridgehead atoms. The molecule has 0 radical (unpaired) electrons. The van der Waals surface area contributed by atoms with Crippen molar-refractivity contribution in [1.29, 1.82) is 0 Å². The van der Waals surface area contributed by atoms with Gasteiger partial charge in [-0.05, 0) is 13.8 Å². The Labute approximate surface area is 92.3 Å². The Hall–Kier alpha value is -2.18. The first-order valence-electron chi connectivity index (χ1n) is 4.81. The quantitative estimate of drug-likeness (QED) is 0.806. The molecule has 0 atom stereocenters. The highest BCUT2D eigenvalue weighted by atomic mass is 16.5. The predicted molar refractivity (Wildman–Crippen MR) is 57.1 cm³/mol. The van der Waals surface area contributed by atoms with E-state index in [-0.39, 0.29) is 12.1 Å². The molecule has 0 fully saturated rings. The van der Waals surface area contributed by atoms with E-state index in [0.717, 1.165) is 0 Å². The van der Waals surface area contributed by atoms with Gasteiger partial charge in [-0.2, -0.15) is 0 Å². The molecular formula is C9H12N6O. The normalized spacial score (nSPS) is 10.7. The van der Waals surface area contributed by atoms with Crippen molar-refractivity contribution < 1.29 is 4.74 Å². The Morgan fingerprint density at radius 1 is 1.31 bits per heavy atom. The van der Waals surface area contributed by atoms with Crippen LogP contribution in [0.1, 0.15) is 13.8 Å². The summed E-state index contributed by atoms with van der Waals surface area (Å²) in [4.78, 5) is 11.8. The zero-order chi connectivity index (χ0) is 11.5. The molecule has 2 rings (SSSR count). The van der Waals surface area contributed by atoms with Crippen molar-refractivity contribution >= 4 is 5.95 Å². The van der Waals surface area contributed by atoms with Gasteiger partial charge in [0.25, 0.3) is 0 Å². The minimum Gasteiger partial charge on any atom is -0.475 e. The van der Waals surface area contributed by atoms with Crippen LogP contribution in [0, 0.1) is 0 Å². The van der Waals surface area contributed by atoms with Gasteiger partial charge < -0.3 is 10.5 Å². The van der Waals surface area contributed by atoms with E-state index >= 15 is 0 Å². The lowest BCUT2D eigenvalue weighted by Gasteiger charge is -2.08. The molecule has 0 aliphatic carbocycles. The average molecular weight is 220 g/mol. The Morgan fingerprint density at radius 2 is 2.12 bits per heavy atom. The van der Waals surface area contributed by atoms with Crippen LogP contribution in [0.4, 0.5) is 5.95 Å². The standard InChI is InChI=1S/C9H12N6O/c1-6(2)16-8-3-7(11-4-12-8)15-5-13-9(10)14-15/h3-6H,1-2H3,(H2,10,14). The summed E-state index contributed by atoms with van der Waals surface area (Å²) in [7, 11) is 0. The minimum absolute atomic E-state index is 0.0589. The van der Waals surface area contributed by atoms with E-state index in [9.17, 15) is 0 Å². The molecule has 2 N–H and O–H groups in total. The second-order valence-corrected chi connectivity index (χ2v) is 3.43. The second-order valence-electron chi connectivity index (χ2n) is 3.43. The van der Waals surface area contributed by atoms with Gasteiger partial charge in [0, 0.05) is 6.07 Å². The molecule has 0 aromatic carbocycles. The summed E-state index contributed by atoms with van der Waals surface area (Å²) in [5.41, 5.74) is 5.42. The average Bonchev–Trinajstić information content (AvgIpc) is 2.64. The van der Waals surface area contributed by atoms with E-state index in [1.807, 2.05) is 13.8 Å². The summed E-state index contributed by atoms with van der Waals surface area (Å²) in [6.07, 6.45) is 2.95. The summed E-state index contributed by atoms with van der Waals surface area (Å²) in [6.45, 7) is 3.85. The van der Waals surface area contributed by atoms with Crippen LogP contribution in [0.3, 0.4) is 0 Å². The number of anilines is 1. The zero-order valence-corrected chi connectivity index (χ0v) is 9.03. The Balaban J connectivity index is 2.28. The second kappa shape index (κ2) is 4.13. The maximum absolute atomic E-state index is 5.44. The van der Waals surface area contributed by atoms with Gasteiger partial charge in [0.15, 0.2) is 5.82 Å². The molecule has 16 heavy (non-hydrogen) atoms. The molecule has 0 aliphatic rings. The van der Waals surface area contributed by atoms with Crippen LogP contribution in [0.2, 0.25) is 0 Å². The number of rotatable bonds is 3. The maximum Gasteiger partial charge on any atom is 0.239 e. The fraction of sp³-hybridized carbons (Fsp3) is 0.333. The lowest BCUT2D eigenvalue weighted by molar-refractivity contribution is 0.232. The van der Waals surface area contributed by atoms with Gasteiger partial charge in [-0.25, -0.2) is 19.6 Å². The molecule has 2 aromatic rings. The van der Waals surface area contributed by atoms with E-state index in [2.05, 4.69) is 20.1 Å². The maximum atomic E-state index is 5.44. The minimum atomic E-state index is 0.0589. The molecular weight excluding hydrogens is 208 g/mol. The molecule has 84 valence electrons. The SMILES string of the molecule is CC(C)Oc1cc(-n2cnc(N)n2)ncn1.